The monoisotopic (exact) mass is 319 g/mol. The van der Waals surface area contributed by atoms with Crippen molar-refractivity contribution in [2.24, 2.45) is 15.9 Å². The van der Waals surface area contributed by atoms with Gasteiger partial charge in [-0.25, -0.2) is 0 Å². The van der Waals surface area contributed by atoms with E-state index in [9.17, 15) is 0 Å². The minimum absolute atomic E-state index is 0.487. The van der Waals surface area contributed by atoms with Crippen molar-refractivity contribution in [3.8, 4) is 0 Å². The molecule has 2 aliphatic rings. The fourth-order valence-corrected chi connectivity index (χ4v) is 7.16. The van der Waals surface area contributed by atoms with Crippen LogP contribution in [0.25, 0.3) is 0 Å². The summed E-state index contributed by atoms with van der Waals surface area (Å²) in [6.45, 7) is 0. The van der Waals surface area contributed by atoms with E-state index >= 15 is 0 Å². The summed E-state index contributed by atoms with van der Waals surface area (Å²) in [5.74, 6) is 0. The predicted octanol–water partition coefficient (Wildman–Crippen LogP) is 2.01. The summed E-state index contributed by atoms with van der Waals surface area (Å²) in [7, 11) is 0. The normalized spacial score (nSPS) is 31.3. The Hall–Kier alpha value is -0.850. The van der Waals surface area contributed by atoms with Crippen LogP contribution in [0.3, 0.4) is 0 Å². The molecule has 0 bridgehead atoms. The first kappa shape index (κ1) is 10.7. The molecular weight excluding hydrogens is 305 g/mol. The van der Waals surface area contributed by atoms with Crippen molar-refractivity contribution >= 4 is 32.4 Å². The van der Waals surface area contributed by atoms with Gasteiger partial charge in [0.1, 0.15) is 0 Å². The number of nitrogens with two attached hydrogens (primary N) is 1. The van der Waals surface area contributed by atoms with Crippen molar-refractivity contribution in [3.05, 3.63) is 22.4 Å². The van der Waals surface area contributed by atoms with Gasteiger partial charge in [-0.1, -0.05) is 0 Å². The van der Waals surface area contributed by atoms with Crippen molar-refractivity contribution in [1.29, 1.82) is 0 Å². The van der Waals surface area contributed by atoms with Crippen molar-refractivity contribution in [3.63, 3.8) is 0 Å². The molecule has 2 N–H and O–H groups in total. The number of hydrogen-bond donors (Lipinski definition) is 1. The number of oxime groups is 1. The van der Waals surface area contributed by atoms with Gasteiger partial charge in [-0.05, 0) is 0 Å². The van der Waals surface area contributed by atoms with E-state index in [2.05, 4.69) is 20.3 Å². The zero-order valence-corrected chi connectivity index (χ0v) is 10.4. The number of aliphatic imine (C=N–C) groups is 1. The third-order valence-electron chi connectivity index (χ3n) is 2.14. The minimum atomic E-state index is -0.941. The van der Waals surface area contributed by atoms with E-state index in [4.69, 9.17) is 10.6 Å². The van der Waals surface area contributed by atoms with Gasteiger partial charge in [0.2, 0.25) is 0 Å². The van der Waals surface area contributed by atoms with Crippen molar-refractivity contribution in [2.75, 3.05) is 0 Å². The van der Waals surface area contributed by atoms with Crippen LogP contribution in [-0.4, -0.2) is 20.6 Å². The maximum absolute atomic E-state index is 5.29. The van der Waals surface area contributed by atoms with Gasteiger partial charge in [-0.2, -0.15) is 0 Å². The molecule has 0 aliphatic carbocycles. The van der Waals surface area contributed by atoms with Gasteiger partial charge in [-0.15, -0.1) is 0 Å². The zero-order valence-electron chi connectivity index (χ0n) is 8.29. The molecule has 0 saturated carbocycles. The first-order valence-electron chi connectivity index (χ1n) is 4.81. The predicted molar refractivity (Wildman–Crippen MR) is 71.4 cm³/mol. The van der Waals surface area contributed by atoms with E-state index in [1.807, 2.05) is 12.3 Å². The standard InChI is InChI=1S/C10H14IN3O/c12-8-13-6-3-1-2-5-11-9-4-7-14-15-10(9)11/h2-3,5-10H,1,4H2,(H2,12,13)/b5-2+,6-3-/t9-,10?/m1/s1. The molecule has 0 radical (unpaired) electrons. The number of allylic oxidation sites excluding steroid dienone is 2. The van der Waals surface area contributed by atoms with E-state index in [-0.39, 0.29) is 0 Å². The molecule has 0 aromatic rings. The number of nitrogens with zero attached hydrogens (tertiary/aromatic N) is 2. The SMILES string of the molecule is NC=N/C=C\C/C=C/I1C2ON=CC[C@H]21. The summed E-state index contributed by atoms with van der Waals surface area (Å²) >= 11 is -0.941. The molecule has 0 aromatic carbocycles. The second-order valence-electron chi connectivity index (χ2n) is 3.15. The number of hydrogen-bond acceptors (Lipinski definition) is 3. The van der Waals surface area contributed by atoms with Crippen LogP contribution in [0.15, 0.2) is 32.6 Å². The number of alkyl halides is 2. The fourth-order valence-electron chi connectivity index (χ4n) is 1.36. The Labute approximate surface area is 96.3 Å². The van der Waals surface area contributed by atoms with Gasteiger partial charge in [0, 0.05) is 0 Å². The number of fused-ring (bicyclic) bond motifs is 1. The van der Waals surface area contributed by atoms with Crippen LogP contribution in [0, 0.1) is 0 Å². The Morgan fingerprint density at radius 2 is 2.53 bits per heavy atom. The average Bonchev–Trinajstić information content (AvgIpc) is 2.97. The Bertz CT molecular complexity index is 311. The van der Waals surface area contributed by atoms with Crippen LogP contribution in [0.5, 0.6) is 0 Å². The summed E-state index contributed by atoms with van der Waals surface area (Å²) in [6, 6.07) is 0. The molecular formula is C10H14IN3O. The Morgan fingerprint density at radius 3 is 3.27 bits per heavy atom. The van der Waals surface area contributed by atoms with Crippen LogP contribution in [-0.2, 0) is 4.84 Å². The molecule has 5 heteroatoms. The van der Waals surface area contributed by atoms with Crippen LogP contribution >= 0.6 is 19.8 Å². The van der Waals surface area contributed by atoms with Gasteiger partial charge in [0.05, 0.1) is 0 Å². The molecule has 1 unspecified atom stereocenters. The number of halogens is 1. The fraction of sp³-hybridized carbons (Fsp3) is 0.400. The molecule has 2 aliphatic heterocycles. The van der Waals surface area contributed by atoms with E-state index in [1.165, 1.54) is 6.34 Å². The summed E-state index contributed by atoms with van der Waals surface area (Å²) in [4.78, 5) is 9.07. The summed E-state index contributed by atoms with van der Waals surface area (Å²) in [5, 5.41) is 3.85. The molecule has 15 heavy (non-hydrogen) atoms. The van der Waals surface area contributed by atoms with Crippen LogP contribution in [0.1, 0.15) is 12.8 Å². The van der Waals surface area contributed by atoms with Gasteiger partial charge in [0.25, 0.3) is 0 Å². The molecule has 0 aromatic heterocycles. The van der Waals surface area contributed by atoms with Crippen molar-refractivity contribution < 1.29 is 4.84 Å². The molecule has 2 rings (SSSR count). The first-order chi connectivity index (χ1) is 7.43. The average molecular weight is 319 g/mol. The second kappa shape index (κ2) is 5.29. The molecule has 82 valence electrons. The Morgan fingerprint density at radius 1 is 1.60 bits per heavy atom. The van der Waals surface area contributed by atoms with E-state index in [0.29, 0.717) is 4.11 Å². The van der Waals surface area contributed by atoms with Gasteiger partial charge in [0.15, 0.2) is 0 Å². The van der Waals surface area contributed by atoms with E-state index in [1.54, 1.807) is 6.20 Å². The molecule has 1 saturated heterocycles. The summed E-state index contributed by atoms with van der Waals surface area (Å²) in [6.07, 6.45) is 11.1. The van der Waals surface area contributed by atoms with Crippen molar-refractivity contribution in [1.82, 2.24) is 0 Å². The van der Waals surface area contributed by atoms with Gasteiger partial charge < -0.3 is 0 Å². The molecule has 2 heterocycles. The van der Waals surface area contributed by atoms with E-state index in [0.717, 1.165) is 16.8 Å². The zero-order chi connectivity index (χ0) is 10.5. The molecule has 0 spiro atoms. The Balaban J connectivity index is 1.68. The Kier molecular flexibility index (Phi) is 3.76. The maximum atomic E-state index is 5.29. The van der Waals surface area contributed by atoms with Crippen LogP contribution in [0.2, 0.25) is 0 Å². The molecule has 4 nitrogen and oxygen atoms in total. The molecule has 2 atom stereocenters. The van der Waals surface area contributed by atoms with Crippen LogP contribution in [0.4, 0.5) is 0 Å². The summed E-state index contributed by atoms with van der Waals surface area (Å²) < 4.78 is 3.67. The quantitative estimate of drug-likeness (QED) is 0.373. The van der Waals surface area contributed by atoms with Crippen molar-refractivity contribution in [2.45, 2.75) is 20.9 Å². The third-order valence-corrected chi connectivity index (χ3v) is 8.17. The van der Waals surface area contributed by atoms with Gasteiger partial charge in [-0.3, -0.25) is 0 Å². The molecule has 1 fully saturated rings. The van der Waals surface area contributed by atoms with E-state index < -0.39 is 19.8 Å². The van der Waals surface area contributed by atoms with Crippen LogP contribution < -0.4 is 5.73 Å². The molecule has 0 amide bonds. The summed E-state index contributed by atoms with van der Waals surface area (Å²) in [5.41, 5.74) is 5.10. The number of rotatable bonds is 4. The van der Waals surface area contributed by atoms with Gasteiger partial charge >= 0.3 is 96.4 Å². The third kappa shape index (κ3) is 2.80. The second-order valence-corrected chi connectivity index (χ2v) is 8.86. The topological polar surface area (TPSA) is 60.0 Å². The first-order valence-corrected chi connectivity index (χ1v) is 8.55.